The third kappa shape index (κ3) is 5.11. The number of ether oxygens (including phenoxy) is 1. The second kappa shape index (κ2) is 9.38. The maximum absolute atomic E-state index is 11.3. The zero-order valence-electron chi connectivity index (χ0n) is 15.4. The van der Waals surface area contributed by atoms with Crippen LogP contribution in [0.3, 0.4) is 0 Å². The third-order valence-electron chi connectivity index (χ3n) is 3.53. The SMILES string of the molecule is CCOc1cc(C)ccc1Cl.CN(C=O)c1cc2oc(=O)c(C(=O)O)cc2s1. The second-order valence-corrected chi connectivity index (χ2v) is 7.12. The number of aromatic carboxylic acids is 1. The van der Waals surface area contributed by atoms with Crippen molar-refractivity contribution in [3.05, 3.63) is 56.9 Å². The van der Waals surface area contributed by atoms with Crippen LogP contribution in [0.2, 0.25) is 5.02 Å². The Balaban J connectivity index is 0.000000221. The molecule has 3 rings (SSSR count). The van der Waals surface area contributed by atoms with Crippen LogP contribution in [0.25, 0.3) is 10.3 Å². The van der Waals surface area contributed by atoms with Crippen molar-refractivity contribution in [2.45, 2.75) is 13.8 Å². The van der Waals surface area contributed by atoms with E-state index in [1.807, 2.05) is 32.0 Å². The van der Waals surface area contributed by atoms with E-state index in [-0.39, 0.29) is 5.58 Å². The van der Waals surface area contributed by atoms with Gasteiger partial charge in [0.25, 0.3) is 0 Å². The van der Waals surface area contributed by atoms with Crippen LogP contribution in [0.4, 0.5) is 5.00 Å². The number of benzene rings is 1. The minimum atomic E-state index is -1.33. The highest BCUT2D eigenvalue weighted by Crippen LogP contribution is 2.31. The van der Waals surface area contributed by atoms with Gasteiger partial charge in [-0.2, -0.15) is 0 Å². The Bertz CT molecular complexity index is 1060. The first-order valence-corrected chi connectivity index (χ1v) is 9.34. The van der Waals surface area contributed by atoms with Crippen LogP contribution < -0.4 is 15.3 Å². The molecule has 0 atom stereocenters. The lowest BCUT2D eigenvalue weighted by molar-refractivity contribution is -0.107. The molecule has 0 saturated heterocycles. The number of hydrogen-bond donors (Lipinski definition) is 1. The first-order valence-electron chi connectivity index (χ1n) is 8.14. The summed E-state index contributed by atoms with van der Waals surface area (Å²) in [6.07, 6.45) is 0.612. The van der Waals surface area contributed by atoms with Gasteiger partial charge in [0.2, 0.25) is 6.41 Å². The van der Waals surface area contributed by atoms with Crippen molar-refractivity contribution in [3.63, 3.8) is 0 Å². The van der Waals surface area contributed by atoms with E-state index in [9.17, 15) is 14.4 Å². The minimum Gasteiger partial charge on any atom is -0.492 e. The standard InChI is InChI=1S/C10H7NO5S.C9H11ClO/c1-11(4-12)8-3-6-7(17-8)2-5(9(13)14)10(15)16-6;1-3-11-9-6-7(2)4-5-8(9)10/h2-4H,1H3,(H,13,14);4-6H,3H2,1-2H3. The fourth-order valence-corrected chi connectivity index (χ4v) is 3.28. The maximum Gasteiger partial charge on any atom is 0.351 e. The summed E-state index contributed by atoms with van der Waals surface area (Å²) < 4.78 is 10.7. The summed E-state index contributed by atoms with van der Waals surface area (Å²) in [5.74, 6) is -0.562. The van der Waals surface area contributed by atoms with E-state index < -0.39 is 17.2 Å². The van der Waals surface area contributed by atoms with Gasteiger partial charge in [-0.05, 0) is 37.6 Å². The van der Waals surface area contributed by atoms with Crippen molar-refractivity contribution in [3.8, 4) is 5.75 Å². The molecule has 0 aliphatic heterocycles. The molecular formula is C19H18ClNO6S. The van der Waals surface area contributed by atoms with Crippen LogP contribution >= 0.6 is 22.9 Å². The Hall–Kier alpha value is -2.84. The molecule has 0 bridgehead atoms. The molecule has 0 aliphatic rings. The highest BCUT2D eigenvalue weighted by Gasteiger charge is 2.15. The van der Waals surface area contributed by atoms with E-state index in [4.69, 9.17) is 25.9 Å². The van der Waals surface area contributed by atoms with Gasteiger partial charge in [0.05, 0.1) is 16.3 Å². The molecule has 148 valence electrons. The Morgan fingerprint density at radius 3 is 2.68 bits per heavy atom. The van der Waals surface area contributed by atoms with Crippen LogP contribution in [-0.4, -0.2) is 31.1 Å². The lowest BCUT2D eigenvalue weighted by atomic mass is 10.2. The van der Waals surface area contributed by atoms with Crippen LogP contribution in [-0.2, 0) is 4.79 Å². The molecule has 2 aromatic heterocycles. The van der Waals surface area contributed by atoms with Gasteiger partial charge in [-0.3, -0.25) is 4.79 Å². The first-order chi connectivity index (χ1) is 13.3. The second-order valence-electron chi connectivity index (χ2n) is 5.65. The molecule has 28 heavy (non-hydrogen) atoms. The van der Waals surface area contributed by atoms with Crippen molar-refractivity contribution in [1.29, 1.82) is 0 Å². The molecule has 9 heteroatoms. The van der Waals surface area contributed by atoms with Gasteiger partial charge in [0.1, 0.15) is 16.3 Å². The number of rotatable bonds is 5. The number of thiophene rings is 1. The number of carboxylic acid groups (broad SMARTS) is 1. The molecule has 0 spiro atoms. The number of hydrogen-bond acceptors (Lipinski definition) is 6. The van der Waals surface area contributed by atoms with E-state index in [1.54, 1.807) is 7.05 Å². The quantitative estimate of drug-likeness (QED) is 0.618. The van der Waals surface area contributed by atoms with Crippen molar-refractivity contribution < 1.29 is 23.8 Å². The number of carbonyl (C=O) groups excluding carboxylic acids is 1. The monoisotopic (exact) mass is 423 g/mol. The van der Waals surface area contributed by atoms with Crippen LogP contribution in [0.5, 0.6) is 5.75 Å². The van der Waals surface area contributed by atoms with Crippen LogP contribution in [0.15, 0.2) is 39.5 Å². The van der Waals surface area contributed by atoms with E-state index in [2.05, 4.69) is 0 Å². The third-order valence-corrected chi connectivity index (χ3v) is 5.00. The van der Waals surface area contributed by atoms with Crippen molar-refractivity contribution in [1.82, 2.24) is 0 Å². The van der Waals surface area contributed by atoms with Gasteiger partial charge >= 0.3 is 11.6 Å². The van der Waals surface area contributed by atoms with Crippen LogP contribution in [0.1, 0.15) is 22.8 Å². The van der Waals surface area contributed by atoms with Gasteiger partial charge in [0, 0.05) is 13.1 Å². The molecular weight excluding hydrogens is 406 g/mol. The van der Waals surface area contributed by atoms with Gasteiger partial charge in [-0.25, -0.2) is 9.59 Å². The number of carboxylic acids is 1. The molecule has 1 N–H and O–H groups in total. The number of carbonyl (C=O) groups is 2. The molecule has 0 fully saturated rings. The van der Waals surface area contributed by atoms with Crippen molar-refractivity contribution >= 4 is 50.6 Å². The van der Waals surface area contributed by atoms with E-state index >= 15 is 0 Å². The largest absolute Gasteiger partial charge is 0.492 e. The van der Waals surface area contributed by atoms with Gasteiger partial charge < -0.3 is 19.2 Å². The molecule has 1 aromatic carbocycles. The first kappa shape index (κ1) is 21.5. The number of aryl methyl sites for hydroxylation is 1. The Kier molecular flexibility index (Phi) is 7.19. The molecule has 3 aromatic rings. The van der Waals surface area contributed by atoms with Gasteiger partial charge in [0.15, 0.2) is 5.58 Å². The summed E-state index contributed by atoms with van der Waals surface area (Å²) >= 11 is 7.02. The fourth-order valence-electron chi connectivity index (χ4n) is 2.15. The molecule has 7 nitrogen and oxygen atoms in total. The molecule has 0 radical (unpaired) electrons. The molecule has 0 unspecified atom stereocenters. The molecule has 2 heterocycles. The molecule has 1 amide bonds. The van der Waals surface area contributed by atoms with E-state index in [0.29, 0.717) is 27.7 Å². The number of halogens is 1. The summed E-state index contributed by atoms with van der Waals surface area (Å²) in [5.41, 5.74) is 0.120. The van der Waals surface area contributed by atoms with E-state index in [1.165, 1.54) is 28.4 Å². The van der Waals surface area contributed by atoms with Gasteiger partial charge in [-0.15, -0.1) is 11.3 Å². The highest BCUT2D eigenvalue weighted by molar-refractivity contribution is 7.22. The summed E-state index contributed by atoms with van der Waals surface area (Å²) in [6, 6.07) is 8.51. The smallest absolute Gasteiger partial charge is 0.351 e. The minimum absolute atomic E-state index is 0.272. The number of nitrogens with zero attached hydrogens (tertiary/aromatic N) is 1. The zero-order chi connectivity index (χ0) is 20.8. The zero-order valence-corrected chi connectivity index (χ0v) is 17.0. The fraction of sp³-hybridized carbons (Fsp3) is 0.211. The van der Waals surface area contributed by atoms with Gasteiger partial charge in [-0.1, -0.05) is 17.7 Å². The normalized spacial score (nSPS) is 10.1. The topological polar surface area (TPSA) is 97.0 Å². The Morgan fingerprint density at radius 1 is 1.36 bits per heavy atom. The predicted octanol–water partition coefficient (Wildman–Crippen LogP) is 4.19. The highest BCUT2D eigenvalue weighted by atomic mass is 35.5. The number of amides is 1. The summed E-state index contributed by atoms with van der Waals surface area (Å²) in [4.78, 5) is 33.9. The Labute approximate surface area is 169 Å². The molecule has 0 saturated carbocycles. The lowest BCUT2D eigenvalue weighted by Crippen LogP contribution is -2.12. The average Bonchev–Trinajstić information content (AvgIpc) is 3.07. The van der Waals surface area contributed by atoms with Crippen molar-refractivity contribution in [2.75, 3.05) is 18.6 Å². The maximum atomic E-state index is 11.3. The summed E-state index contributed by atoms with van der Waals surface area (Å²) in [6.45, 7) is 4.61. The predicted molar refractivity (Wildman–Crippen MR) is 109 cm³/mol. The van der Waals surface area contributed by atoms with Crippen LogP contribution in [0, 0.1) is 6.92 Å². The summed E-state index contributed by atoms with van der Waals surface area (Å²) in [5, 5.41) is 10.0. The summed E-state index contributed by atoms with van der Waals surface area (Å²) in [7, 11) is 1.55. The lowest BCUT2D eigenvalue weighted by Gasteiger charge is -2.05. The Morgan fingerprint density at radius 2 is 2.07 bits per heavy atom. The molecule has 0 aliphatic carbocycles. The average molecular weight is 424 g/mol. The number of anilines is 1. The van der Waals surface area contributed by atoms with E-state index in [0.717, 1.165) is 11.3 Å². The van der Waals surface area contributed by atoms with Crippen molar-refractivity contribution in [2.24, 2.45) is 0 Å². The number of fused-ring (bicyclic) bond motifs is 1.